The van der Waals surface area contributed by atoms with E-state index in [1.165, 1.54) is 11.1 Å². The lowest BCUT2D eigenvalue weighted by Gasteiger charge is -2.27. The van der Waals surface area contributed by atoms with Gasteiger partial charge in [0.2, 0.25) is 5.91 Å². The molecule has 2 heterocycles. The van der Waals surface area contributed by atoms with E-state index in [0.717, 1.165) is 24.3 Å². The van der Waals surface area contributed by atoms with Crippen molar-refractivity contribution in [2.45, 2.75) is 25.3 Å². The molecule has 1 aromatic heterocycles. The van der Waals surface area contributed by atoms with Crippen molar-refractivity contribution in [2.24, 2.45) is 0 Å². The molecule has 5 nitrogen and oxygen atoms in total. The first-order valence-electron chi connectivity index (χ1n) is 9.37. The van der Waals surface area contributed by atoms with Crippen LogP contribution in [0.4, 0.5) is 0 Å². The molecule has 5 heteroatoms. The largest absolute Gasteiger partial charge is 0.441 e. The average Bonchev–Trinajstić information content (AvgIpc) is 3.20. The van der Waals surface area contributed by atoms with Crippen LogP contribution in [0.25, 0.3) is 11.3 Å². The van der Waals surface area contributed by atoms with Crippen molar-refractivity contribution in [3.8, 4) is 11.3 Å². The van der Waals surface area contributed by atoms with Crippen LogP contribution in [0.2, 0.25) is 0 Å². The second-order valence-corrected chi connectivity index (χ2v) is 6.74. The molecular weight excluding hydrogens is 338 g/mol. The molecule has 1 aliphatic rings. The van der Waals surface area contributed by atoms with Crippen molar-refractivity contribution in [3.63, 3.8) is 0 Å². The van der Waals surface area contributed by atoms with Crippen LogP contribution in [-0.4, -0.2) is 24.0 Å². The van der Waals surface area contributed by atoms with Crippen molar-refractivity contribution in [2.75, 3.05) is 13.1 Å². The van der Waals surface area contributed by atoms with Gasteiger partial charge >= 0.3 is 0 Å². The number of hydrogen-bond acceptors (Lipinski definition) is 4. The third kappa shape index (κ3) is 4.26. The molecule has 2 aromatic carbocycles. The van der Waals surface area contributed by atoms with Crippen molar-refractivity contribution >= 4 is 5.91 Å². The van der Waals surface area contributed by atoms with Crippen LogP contribution >= 0.6 is 0 Å². The number of nitrogens with one attached hydrogen (secondary N) is 2. The van der Waals surface area contributed by atoms with Gasteiger partial charge in [0.05, 0.1) is 6.20 Å². The summed E-state index contributed by atoms with van der Waals surface area (Å²) in [6.45, 7) is 1.53. The van der Waals surface area contributed by atoms with Crippen LogP contribution in [0.1, 0.15) is 29.5 Å². The normalized spacial score (nSPS) is 15.9. The maximum Gasteiger partial charge on any atom is 0.220 e. The fourth-order valence-corrected chi connectivity index (χ4v) is 3.46. The standard InChI is InChI=1S/C22H23N3O2/c26-21(24-14-19-18-9-5-4-6-16(18)12-13-23-19)10-11-22-25-15-20(27-22)17-7-2-1-3-8-17/h1-9,15,19,23H,10-14H2,(H,24,26). The minimum Gasteiger partial charge on any atom is -0.441 e. The zero-order valence-electron chi connectivity index (χ0n) is 15.2. The Morgan fingerprint density at radius 2 is 1.96 bits per heavy atom. The predicted molar refractivity (Wildman–Crippen MR) is 104 cm³/mol. The summed E-state index contributed by atoms with van der Waals surface area (Å²) < 4.78 is 5.76. The smallest absolute Gasteiger partial charge is 0.220 e. The van der Waals surface area contributed by atoms with E-state index in [0.29, 0.717) is 25.3 Å². The van der Waals surface area contributed by atoms with Crippen molar-refractivity contribution in [3.05, 3.63) is 77.8 Å². The molecule has 0 saturated heterocycles. The highest BCUT2D eigenvalue weighted by molar-refractivity contribution is 5.76. The zero-order chi connectivity index (χ0) is 18.5. The molecule has 0 bridgehead atoms. The summed E-state index contributed by atoms with van der Waals surface area (Å²) in [5.74, 6) is 1.33. The minimum absolute atomic E-state index is 0.0133. The number of carbonyl (C=O) groups is 1. The van der Waals surface area contributed by atoms with Crippen LogP contribution in [0.3, 0.4) is 0 Å². The molecule has 27 heavy (non-hydrogen) atoms. The van der Waals surface area contributed by atoms with Gasteiger partial charge < -0.3 is 15.1 Å². The molecule has 1 unspecified atom stereocenters. The number of carbonyl (C=O) groups excluding carboxylic acids is 1. The molecule has 138 valence electrons. The van der Waals surface area contributed by atoms with Gasteiger partial charge in [0.25, 0.3) is 0 Å². The highest BCUT2D eigenvalue weighted by Crippen LogP contribution is 2.22. The Kier molecular flexibility index (Phi) is 5.30. The molecule has 2 N–H and O–H groups in total. The van der Waals surface area contributed by atoms with Gasteiger partial charge in [0, 0.05) is 31.0 Å². The summed E-state index contributed by atoms with van der Waals surface area (Å²) in [5.41, 5.74) is 3.63. The Bertz CT molecular complexity index is 905. The van der Waals surface area contributed by atoms with Gasteiger partial charge in [-0.05, 0) is 24.1 Å². The number of aryl methyl sites for hydroxylation is 1. The first-order valence-corrected chi connectivity index (χ1v) is 9.37. The topological polar surface area (TPSA) is 67.2 Å². The third-order valence-electron chi connectivity index (χ3n) is 4.90. The summed E-state index contributed by atoms with van der Waals surface area (Å²) >= 11 is 0. The van der Waals surface area contributed by atoms with E-state index in [1.807, 2.05) is 36.4 Å². The summed E-state index contributed by atoms with van der Waals surface area (Å²) in [5, 5.41) is 6.51. The van der Waals surface area contributed by atoms with E-state index >= 15 is 0 Å². The predicted octanol–water partition coefficient (Wildman–Crippen LogP) is 3.28. The SMILES string of the molecule is O=C(CCc1ncc(-c2ccccc2)o1)NCC1NCCc2ccccc21. The van der Waals surface area contributed by atoms with E-state index in [1.54, 1.807) is 6.20 Å². The molecule has 0 spiro atoms. The van der Waals surface area contributed by atoms with E-state index in [4.69, 9.17) is 4.42 Å². The second-order valence-electron chi connectivity index (χ2n) is 6.74. The summed E-state index contributed by atoms with van der Waals surface area (Å²) in [4.78, 5) is 16.5. The van der Waals surface area contributed by atoms with E-state index in [2.05, 4.69) is 33.8 Å². The molecule has 1 aliphatic heterocycles. The lowest BCUT2D eigenvalue weighted by molar-refractivity contribution is -0.121. The second kappa shape index (κ2) is 8.18. The Hall–Kier alpha value is -2.92. The Balaban J connectivity index is 1.28. The van der Waals surface area contributed by atoms with Crippen molar-refractivity contribution in [1.29, 1.82) is 0 Å². The summed E-state index contributed by atoms with van der Waals surface area (Å²) in [6.07, 6.45) is 3.61. The van der Waals surface area contributed by atoms with Gasteiger partial charge in [-0.25, -0.2) is 4.98 Å². The number of aromatic nitrogens is 1. The maximum absolute atomic E-state index is 12.2. The van der Waals surface area contributed by atoms with Gasteiger partial charge in [0.15, 0.2) is 11.7 Å². The highest BCUT2D eigenvalue weighted by Gasteiger charge is 2.19. The van der Waals surface area contributed by atoms with Crippen LogP contribution in [0.15, 0.2) is 65.2 Å². The number of benzene rings is 2. The average molecular weight is 361 g/mol. The highest BCUT2D eigenvalue weighted by atomic mass is 16.4. The fourth-order valence-electron chi connectivity index (χ4n) is 3.46. The Labute approximate surface area is 158 Å². The van der Waals surface area contributed by atoms with E-state index in [-0.39, 0.29) is 11.9 Å². The lowest BCUT2D eigenvalue weighted by atomic mass is 9.94. The molecule has 0 fully saturated rings. The van der Waals surface area contributed by atoms with Gasteiger partial charge in [0.1, 0.15) is 0 Å². The molecular formula is C22H23N3O2. The molecule has 3 aromatic rings. The van der Waals surface area contributed by atoms with Crippen LogP contribution < -0.4 is 10.6 Å². The number of oxazole rings is 1. The van der Waals surface area contributed by atoms with E-state index < -0.39 is 0 Å². The first kappa shape index (κ1) is 17.5. The van der Waals surface area contributed by atoms with Crippen LogP contribution in [0.5, 0.6) is 0 Å². The Morgan fingerprint density at radius 1 is 1.15 bits per heavy atom. The fraction of sp³-hybridized carbons (Fsp3) is 0.273. The van der Waals surface area contributed by atoms with Gasteiger partial charge in [-0.2, -0.15) is 0 Å². The van der Waals surface area contributed by atoms with E-state index in [9.17, 15) is 4.79 Å². The van der Waals surface area contributed by atoms with Gasteiger partial charge in [-0.3, -0.25) is 4.79 Å². The molecule has 0 radical (unpaired) electrons. The number of rotatable bonds is 6. The minimum atomic E-state index is 0.0133. The van der Waals surface area contributed by atoms with Gasteiger partial charge in [-0.15, -0.1) is 0 Å². The first-order chi connectivity index (χ1) is 13.3. The van der Waals surface area contributed by atoms with Crippen molar-refractivity contribution in [1.82, 2.24) is 15.6 Å². The monoisotopic (exact) mass is 361 g/mol. The summed E-state index contributed by atoms with van der Waals surface area (Å²) in [6, 6.07) is 18.4. The molecule has 1 amide bonds. The summed E-state index contributed by atoms with van der Waals surface area (Å²) in [7, 11) is 0. The number of hydrogen-bond donors (Lipinski definition) is 2. The zero-order valence-corrected chi connectivity index (χ0v) is 15.2. The number of amides is 1. The van der Waals surface area contributed by atoms with Crippen LogP contribution in [-0.2, 0) is 17.6 Å². The quantitative estimate of drug-likeness (QED) is 0.707. The van der Waals surface area contributed by atoms with Crippen LogP contribution in [0, 0.1) is 0 Å². The molecule has 0 aliphatic carbocycles. The lowest BCUT2D eigenvalue weighted by Crippen LogP contribution is -2.38. The Morgan fingerprint density at radius 3 is 2.85 bits per heavy atom. The number of fused-ring (bicyclic) bond motifs is 1. The molecule has 0 saturated carbocycles. The van der Waals surface area contributed by atoms with Gasteiger partial charge in [-0.1, -0.05) is 54.6 Å². The third-order valence-corrected chi connectivity index (χ3v) is 4.90. The van der Waals surface area contributed by atoms with Crippen molar-refractivity contribution < 1.29 is 9.21 Å². The number of nitrogens with zero attached hydrogens (tertiary/aromatic N) is 1. The molecule has 4 rings (SSSR count). The maximum atomic E-state index is 12.2. The molecule has 1 atom stereocenters.